The highest BCUT2D eigenvalue weighted by Gasteiger charge is 2.29. The zero-order valence-electron chi connectivity index (χ0n) is 12.8. The van der Waals surface area contributed by atoms with Crippen molar-refractivity contribution in [2.24, 2.45) is 11.3 Å². The quantitative estimate of drug-likeness (QED) is 0.735. The van der Waals surface area contributed by atoms with Gasteiger partial charge in [-0.15, -0.1) is 0 Å². The molecular formula is C16H25ClFNO. The molecule has 0 bridgehead atoms. The number of benzene rings is 1. The standard InChI is InChI=1S/C16H25ClFNO/c1-12(2)16(3,11-19-8-9-20-4)10-13-6-5-7-14(18)15(13)17/h5-7,12,19H,8-11H2,1-4H3. The Morgan fingerprint density at radius 2 is 2.10 bits per heavy atom. The summed E-state index contributed by atoms with van der Waals surface area (Å²) in [6.45, 7) is 8.93. The van der Waals surface area contributed by atoms with Gasteiger partial charge < -0.3 is 10.1 Å². The zero-order valence-corrected chi connectivity index (χ0v) is 13.6. The highest BCUT2D eigenvalue weighted by atomic mass is 35.5. The lowest BCUT2D eigenvalue weighted by molar-refractivity contribution is 0.175. The number of nitrogens with one attached hydrogen (secondary N) is 1. The largest absolute Gasteiger partial charge is 0.383 e. The third-order valence-corrected chi connectivity index (χ3v) is 4.45. The Balaban J connectivity index is 2.77. The Bertz CT molecular complexity index is 425. The van der Waals surface area contributed by atoms with E-state index in [1.54, 1.807) is 13.2 Å². The van der Waals surface area contributed by atoms with Crippen molar-refractivity contribution in [3.05, 3.63) is 34.6 Å². The molecule has 114 valence electrons. The van der Waals surface area contributed by atoms with Crippen LogP contribution in [0, 0.1) is 17.2 Å². The molecule has 4 heteroatoms. The Hall–Kier alpha value is -0.640. The minimum atomic E-state index is -0.345. The van der Waals surface area contributed by atoms with Crippen molar-refractivity contribution in [1.29, 1.82) is 0 Å². The summed E-state index contributed by atoms with van der Waals surface area (Å²) in [6, 6.07) is 5.02. The molecule has 0 saturated carbocycles. The lowest BCUT2D eigenvalue weighted by atomic mass is 9.74. The molecule has 0 aliphatic rings. The molecule has 0 amide bonds. The molecule has 2 nitrogen and oxygen atoms in total. The third kappa shape index (κ3) is 4.72. The number of hydrogen-bond donors (Lipinski definition) is 1. The smallest absolute Gasteiger partial charge is 0.142 e. The molecule has 0 aliphatic heterocycles. The van der Waals surface area contributed by atoms with Gasteiger partial charge >= 0.3 is 0 Å². The van der Waals surface area contributed by atoms with Gasteiger partial charge in [0.25, 0.3) is 0 Å². The summed E-state index contributed by atoms with van der Waals surface area (Å²) < 4.78 is 18.6. The van der Waals surface area contributed by atoms with Gasteiger partial charge in [0.1, 0.15) is 5.82 Å². The molecule has 0 spiro atoms. The molecule has 0 aromatic heterocycles. The van der Waals surface area contributed by atoms with Crippen molar-refractivity contribution in [3.63, 3.8) is 0 Å². The molecule has 0 heterocycles. The van der Waals surface area contributed by atoms with Gasteiger partial charge in [0, 0.05) is 20.2 Å². The first kappa shape index (κ1) is 17.4. The first-order valence-electron chi connectivity index (χ1n) is 7.03. The summed E-state index contributed by atoms with van der Waals surface area (Å²) in [5, 5.41) is 3.65. The van der Waals surface area contributed by atoms with Crippen LogP contribution in [0.1, 0.15) is 26.3 Å². The van der Waals surface area contributed by atoms with Crippen LogP contribution in [-0.2, 0) is 11.2 Å². The summed E-state index contributed by atoms with van der Waals surface area (Å²) >= 11 is 6.07. The summed E-state index contributed by atoms with van der Waals surface area (Å²) in [7, 11) is 1.69. The van der Waals surface area contributed by atoms with Crippen molar-refractivity contribution < 1.29 is 9.13 Å². The van der Waals surface area contributed by atoms with Crippen LogP contribution in [0.3, 0.4) is 0 Å². The van der Waals surface area contributed by atoms with Gasteiger partial charge in [-0.1, -0.05) is 44.5 Å². The maximum atomic E-state index is 13.5. The average Bonchev–Trinajstić information content (AvgIpc) is 2.40. The van der Waals surface area contributed by atoms with Gasteiger partial charge in [-0.25, -0.2) is 4.39 Å². The van der Waals surface area contributed by atoms with Gasteiger partial charge in [-0.05, 0) is 29.4 Å². The molecule has 1 aromatic carbocycles. The fourth-order valence-corrected chi connectivity index (χ4v) is 2.33. The van der Waals surface area contributed by atoms with E-state index >= 15 is 0 Å². The van der Waals surface area contributed by atoms with Crippen LogP contribution >= 0.6 is 11.6 Å². The fraction of sp³-hybridized carbons (Fsp3) is 0.625. The van der Waals surface area contributed by atoms with E-state index in [2.05, 4.69) is 26.1 Å². The highest BCUT2D eigenvalue weighted by molar-refractivity contribution is 6.31. The van der Waals surface area contributed by atoms with E-state index in [0.717, 1.165) is 25.1 Å². The van der Waals surface area contributed by atoms with Crippen LogP contribution in [0.5, 0.6) is 0 Å². The Kier molecular flexibility index (Phi) is 6.93. The van der Waals surface area contributed by atoms with Crippen LogP contribution in [-0.4, -0.2) is 26.8 Å². The van der Waals surface area contributed by atoms with Crippen molar-refractivity contribution in [3.8, 4) is 0 Å². The van der Waals surface area contributed by atoms with Gasteiger partial charge in [-0.2, -0.15) is 0 Å². The topological polar surface area (TPSA) is 21.3 Å². The molecule has 1 rings (SSSR count). The lowest BCUT2D eigenvalue weighted by Gasteiger charge is -2.34. The Labute approximate surface area is 126 Å². The SMILES string of the molecule is COCCNCC(C)(Cc1cccc(F)c1Cl)C(C)C. The van der Waals surface area contributed by atoms with E-state index in [9.17, 15) is 4.39 Å². The second-order valence-corrected chi connectivity index (χ2v) is 6.25. The molecule has 20 heavy (non-hydrogen) atoms. The molecule has 0 aliphatic carbocycles. The van der Waals surface area contributed by atoms with Crippen molar-refractivity contribution >= 4 is 11.6 Å². The van der Waals surface area contributed by atoms with Gasteiger partial charge in [-0.3, -0.25) is 0 Å². The molecule has 0 fully saturated rings. The average molecular weight is 302 g/mol. The highest BCUT2D eigenvalue weighted by Crippen LogP contribution is 2.33. The molecule has 0 radical (unpaired) electrons. The van der Waals surface area contributed by atoms with E-state index < -0.39 is 0 Å². The van der Waals surface area contributed by atoms with Gasteiger partial charge in [0.2, 0.25) is 0 Å². The fourth-order valence-electron chi connectivity index (χ4n) is 2.14. The second-order valence-electron chi connectivity index (χ2n) is 5.87. The predicted octanol–water partition coefficient (Wildman–Crippen LogP) is 3.92. The minimum Gasteiger partial charge on any atom is -0.383 e. The number of methoxy groups -OCH3 is 1. The predicted molar refractivity (Wildman–Crippen MR) is 82.8 cm³/mol. The Morgan fingerprint density at radius 1 is 1.40 bits per heavy atom. The van der Waals surface area contributed by atoms with Crippen LogP contribution in [0.15, 0.2) is 18.2 Å². The normalized spacial score (nSPS) is 14.6. The monoisotopic (exact) mass is 301 g/mol. The minimum absolute atomic E-state index is 0.0190. The third-order valence-electron chi connectivity index (χ3n) is 4.03. The van der Waals surface area contributed by atoms with Crippen molar-refractivity contribution in [1.82, 2.24) is 5.32 Å². The van der Waals surface area contributed by atoms with E-state index in [1.165, 1.54) is 6.07 Å². The maximum Gasteiger partial charge on any atom is 0.142 e. The van der Waals surface area contributed by atoms with E-state index in [0.29, 0.717) is 12.5 Å². The summed E-state index contributed by atoms with van der Waals surface area (Å²) in [5.74, 6) is 0.111. The van der Waals surface area contributed by atoms with Crippen LogP contribution in [0.2, 0.25) is 5.02 Å². The first-order chi connectivity index (χ1) is 9.40. The van der Waals surface area contributed by atoms with Gasteiger partial charge in [0.15, 0.2) is 0 Å². The van der Waals surface area contributed by atoms with E-state index in [-0.39, 0.29) is 16.3 Å². The summed E-state index contributed by atoms with van der Waals surface area (Å²) in [5.41, 5.74) is 0.891. The number of ether oxygens (including phenoxy) is 1. The van der Waals surface area contributed by atoms with Crippen LogP contribution in [0.4, 0.5) is 4.39 Å². The van der Waals surface area contributed by atoms with Crippen LogP contribution < -0.4 is 5.32 Å². The van der Waals surface area contributed by atoms with Crippen molar-refractivity contribution in [2.75, 3.05) is 26.8 Å². The summed E-state index contributed by atoms with van der Waals surface area (Å²) in [4.78, 5) is 0. The van der Waals surface area contributed by atoms with Crippen molar-refractivity contribution in [2.45, 2.75) is 27.2 Å². The molecule has 1 aromatic rings. The number of halogens is 2. The molecule has 1 N–H and O–H groups in total. The molecular weight excluding hydrogens is 277 g/mol. The number of hydrogen-bond acceptors (Lipinski definition) is 2. The number of rotatable bonds is 8. The van der Waals surface area contributed by atoms with E-state index in [4.69, 9.17) is 16.3 Å². The molecule has 1 unspecified atom stereocenters. The van der Waals surface area contributed by atoms with Crippen LogP contribution in [0.25, 0.3) is 0 Å². The first-order valence-corrected chi connectivity index (χ1v) is 7.41. The molecule has 1 atom stereocenters. The lowest BCUT2D eigenvalue weighted by Crippen LogP contribution is -2.39. The van der Waals surface area contributed by atoms with E-state index in [1.807, 2.05) is 6.07 Å². The molecule has 0 saturated heterocycles. The maximum absolute atomic E-state index is 13.5. The van der Waals surface area contributed by atoms with Gasteiger partial charge in [0.05, 0.1) is 11.6 Å². The Morgan fingerprint density at radius 3 is 2.70 bits per heavy atom. The summed E-state index contributed by atoms with van der Waals surface area (Å²) in [6.07, 6.45) is 0.751. The zero-order chi connectivity index (χ0) is 15.2. The second kappa shape index (κ2) is 7.96.